The highest BCUT2D eigenvalue weighted by atomic mass is 32.2. The molecule has 0 aromatic carbocycles. The molecule has 0 aromatic heterocycles. The van der Waals surface area contributed by atoms with E-state index in [2.05, 4.69) is 40.7 Å². The lowest BCUT2D eigenvalue weighted by Gasteiger charge is -2.59. The van der Waals surface area contributed by atoms with Gasteiger partial charge in [-0.15, -0.1) is 0 Å². The van der Waals surface area contributed by atoms with Crippen LogP contribution >= 0.6 is 0 Å². The number of aliphatic hydroxyl groups is 1. The Kier molecular flexibility index (Phi) is 6.71. The Bertz CT molecular complexity index is 833. The summed E-state index contributed by atoms with van der Waals surface area (Å²) >= 11 is 0. The molecule has 2 N–H and O–H groups in total. The van der Waals surface area contributed by atoms with Crippen LogP contribution in [-0.2, 0) is 10.1 Å². The van der Waals surface area contributed by atoms with E-state index in [1.54, 1.807) is 0 Å². The smallest absolute Gasteiger partial charge is 0.268 e. The quantitative estimate of drug-likeness (QED) is 0.358. The van der Waals surface area contributed by atoms with Gasteiger partial charge >= 0.3 is 0 Å². The van der Waals surface area contributed by atoms with Crippen molar-refractivity contribution in [2.45, 2.75) is 110 Å². The third-order valence-electron chi connectivity index (χ3n) is 10.7. The van der Waals surface area contributed by atoms with E-state index in [0.29, 0.717) is 23.7 Å². The van der Waals surface area contributed by atoms with Gasteiger partial charge in [0.2, 0.25) is 0 Å². The van der Waals surface area contributed by atoms with Gasteiger partial charge in [-0.3, -0.25) is 4.55 Å². The Morgan fingerprint density at radius 2 is 1.81 bits per heavy atom. The fraction of sp³-hybridized carbons (Fsp3) is 0.926. The van der Waals surface area contributed by atoms with Crippen LogP contribution in [0, 0.1) is 46.3 Å². The molecule has 3 saturated carbocycles. The van der Waals surface area contributed by atoms with Crippen molar-refractivity contribution in [3.8, 4) is 0 Å². The van der Waals surface area contributed by atoms with Crippen molar-refractivity contribution in [1.29, 1.82) is 0 Å². The molecular weight excluding hydrogens is 420 g/mol. The van der Waals surface area contributed by atoms with E-state index in [1.807, 2.05) is 0 Å². The van der Waals surface area contributed by atoms with E-state index in [-0.39, 0.29) is 12.3 Å². The maximum atomic E-state index is 12.5. The summed E-state index contributed by atoms with van der Waals surface area (Å²) in [6.45, 7) is 11.7. The largest absolute Gasteiger partial charge is 0.393 e. The van der Waals surface area contributed by atoms with E-state index < -0.39 is 26.9 Å². The zero-order valence-electron chi connectivity index (χ0n) is 20.9. The average Bonchev–Trinajstić information content (AvgIpc) is 3.04. The predicted octanol–water partition coefficient (Wildman–Crippen LogP) is 6.26. The first-order valence-corrected chi connectivity index (χ1v) is 14.7. The highest BCUT2D eigenvalue weighted by Crippen LogP contribution is 2.67. The third-order valence-corrected chi connectivity index (χ3v) is 12.1. The van der Waals surface area contributed by atoms with Crippen LogP contribution in [0.2, 0.25) is 0 Å². The van der Waals surface area contributed by atoms with Crippen LogP contribution in [-0.4, -0.2) is 29.4 Å². The summed E-state index contributed by atoms with van der Waals surface area (Å²) in [5.41, 5.74) is 0.889. The minimum absolute atomic E-state index is 0.160. The predicted molar refractivity (Wildman–Crippen MR) is 130 cm³/mol. The van der Waals surface area contributed by atoms with E-state index in [4.69, 9.17) is 0 Å². The molecule has 0 saturated heterocycles. The maximum Gasteiger partial charge on any atom is 0.268 e. The fourth-order valence-electron chi connectivity index (χ4n) is 9.13. The number of hydrogen-bond acceptors (Lipinski definition) is 3. The molecule has 0 bridgehead atoms. The van der Waals surface area contributed by atoms with Gasteiger partial charge in [-0.25, -0.2) is 0 Å². The van der Waals surface area contributed by atoms with Crippen molar-refractivity contribution in [2.75, 3.05) is 0 Å². The van der Waals surface area contributed by atoms with Crippen molar-refractivity contribution < 1.29 is 18.1 Å². The van der Waals surface area contributed by atoms with Crippen LogP contribution in [0.15, 0.2) is 11.6 Å². The fourth-order valence-corrected chi connectivity index (χ4v) is 10.5. The lowest BCUT2D eigenvalue weighted by molar-refractivity contribution is -0.0564. The summed E-state index contributed by atoms with van der Waals surface area (Å²) in [7, 11) is -4.22. The number of allylic oxidation sites excluding steroid dienone is 1. The van der Waals surface area contributed by atoms with Gasteiger partial charge < -0.3 is 5.11 Å². The standard InChI is InChI=1S/C27H46O4S/c1-17(2)7-6-8-18(3)22-11-12-23-21-10-9-19-15-20(28)16-25(32(29,30)31)27(19,5)24(21)13-14-26(22,23)4/h9,17-18,20-25,28H,6-8,10-16H2,1-5H3,(H,29,30,31)/t18-,20-,21+,22-,23+,24+,25?,26-,27+/m1/s1. The summed E-state index contributed by atoms with van der Waals surface area (Å²) in [4.78, 5) is 0. The first kappa shape index (κ1) is 24.7. The summed E-state index contributed by atoms with van der Waals surface area (Å²) in [5.74, 6) is 3.72. The number of fused-ring (bicyclic) bond motifs is 5. The van der Waals surface area contributed by atoms with Gasteiger partial charge in [-0.2, -0.15) is 8.42 Å². The number of hydrogen-bond donors (Lipinski definition) is 2. The topological polar surface area (TPSA) is 74.6 Å². The van der Waals surface area contributed by atoms with Crippen LogP contribution in [0.1, 0.15) is 98.8 Å². The van der Waals surface area contributed by atoms with Crippen LogP contribution in [0.25, 0.3) is 0 Å². The second-order valence-corrected chi connectivity index (χ2v) is 14.4. The Morgan fingerprint density at radius 1 is 1.09 bits per heavy atom. The van der Waals surface area contributed by atoms with E-state index in [0.717, 1.165) is 36.2 Å². The van der Waals surface area contributed by atoms with Crippen LogP contribution in [0.3, 0.4) is 0 Å². The van der Waals surface area contributed by atoms with E-state index >= 15 is 0 Å². The molecule has 32 heavy (non-hydrogen) atoms. The number of rotatable bonds is 6. The normalized spacial score (nSPS) is 45.1. The molecule has 0 radical (unpaired) electrons. The molecule has 5 heteroatoms. The molecule has 1 unspecified atom stereocenters. The van der Waals surface area contributed by atoms with Crippen molar-refractivity contribution >= 4 is 10.1 Å². The minimum Gasteiger partial charge on any atom is -0.393 e. The Morgan fingerprint density at radius 3 is 2.47 bits per heavy atom. The zero-order chi connectivity index (χ0) is 23.5. The van der Waals surface area contributed by atoms with Gasteiger partial charge in [0.15, 0.2) is 0 Å². The van der Waals surface area contributed by atoms with Gasteiger partial charge in [0.05, 0.1) is 11.4 Å². The van der Waals surface area contributed by atoms with Crippen molar-refractivity contribution in [3.63, 3.8) is 0 Å². The van der Waals surface area contributed by atoms with Crippen molar-refractivity contribution in [1.82, 2.24) is 0 Å². The first-order valence-electron chi connectivity index (χ1n) is 13.2. The molecule has 0 spiro atoms. The summed E-state index contributed by atoms with van der Waals surface area (Å²) < 4.78 is 35.1. The first-order chi connectivity index (χ1) is 14.9. The highest BCUT2D eigenvalue weighted by molar-refractivity contribution is 7.86. The second-order valence-electron chi connectivity index (χ2n) is 12.8. The molecular formula is C27H46O4S. The zero-order valence-corrected chi connectivity index (χ0v) is 21.7. The highest BCUT2D eigenvalue weighted by Gasteiger charge is 2.62. The molecule has 3 fully saturated rings. The molecule has 4 rings (SSSR count). The summed E-state index contributed by atoms with van der Waals surface area (Å²) in [6.07, 6.45) is 12.1. The molecule has 9 atom stereocenters. The lowest BCUT2D eigenvalue weighted by atomic mass is 9.46. The van der Waals surface area contributed by atoms with Gasteiger partial charge in [-0.1, -0.05) is 65.5 Å². The van der Waals surface area contributed by atoms with Crippen LogP contribution < -0.4 is 0 Å². The summed E-state index contributed by atoms with van der Waals surface area (Å²) in [6, 6.07) is 0. The maximum absolute atomic E-state index is 12.5. The molecule has 4 nitrogen and oxygen atoms in total. The van der Waals surface area contributed by atoms with Gasteiger partial charge in [0.1, 0.15) is 0 Å². The van der Waals surface area contributed by atoms with Gasteiger partial charge in [-0.05, 0) is 85.9 Å². The van der Waals surface area contributed by atoms with Crippen LogP contribution in [0.5, 0.6) is 0 Å². The number of aliphatic hydroxyl groups excluding tert-OH is 1. The Labute approximate surface area is 196 Å². The van der Waals surface area contributed by atoms with E-state index in [9.17, 15) is 18.1 Å². The SMILES string of the molecule is CC(C)CCC[C@@H](C)[C@H]1CC[C@H]2[C@@H]3CC=C4C[C@@H](O)CC(S(=O)(=O)O)[C@]4(C)[C@H]3CC[C@]12C. The van der Waals surface area contributed by atoms with Gasteiger partial charge in [0, 0.05) is 5.41 Å². The lowest BCUT2D eigenvalue weighted by Crippen LogP contribution is -2.57. The molecule has 0 heterocycles. The monoisotopic (exact) mass is 466 g/mol. The molecule has 4 aliphatic carbocycles. The van der Waals surface area contributed by atoms with Crippen molar-refractivity contribution in [2.24, 2.45) is 46.3 Å². The van der Waals surface area contributed by atoms with Gasteiger partial charge in [0.25, 0.3) is 10.1 Å². The molecule has 184 valence electrons. The Balaban J connectivity index is 1.59. The molecule has 0 aliphatic heterocycles. The minimum atomic E-state index is -4.22. The molecule has 0 aromatic rings. The van der Waals surface area contributed by atoms with E-state index in [1.165, 1.54) is 38.5 Å². The molecule has 4 aliphatic rings. The van der Waals surface area contributed by atoms with Crippen LogP contribution in [0.4, 0.5) is 0 Å². The second kappa shape index (κ2) is 8.68. The molecule has 0 amide bonds. The third kappa shape index (κ3) is 4.02. The Hall–Kier alpha value is -0.390. The average molecular weight is 467 g/mol. The van der Waals surface area contributed by atoms with Crippen molar-refractivity contribution in [3.05, 3.63) is 11.6 Å². The summed E-state index contributed by atoms with van der Waals surface area (Å²) in [5, 5.41) is 9.49.